The Bertz CT molecular complexity index is 572. The third-order valence-electron chi connectivity index (χ3n) is 2.91. The highest BCUT2D eigenvalue weighted by Crippen LogP contribution is 2.30. The van der Waals surface area contributed by atoms with E-state index >= 15 is 0 Å². The fourth-order valence-electron chi connectivity index (χ4n) is 1.96. The van der Waals surface area contributed by atoms with E-state index in [1.807, 2.05) is 18.2 Å². The van der Waals surface area contributed by atoms with Crippen molar-refractivity contribution in [3.63, 3.8) is 0 Å². The lowest BCUT2D eigenvalue weighted by atomic mass is 10.0. The van der Waals surface area contributed by atoms with Gasteiger partial charge in [0.05, 0.1) is 6.04 Å². The molecule has 1 atom stereocenters. The van der Waals surface area contributed by atoms with Gasteiger partial charge in [0.15, 0.2) is 0 Å². The van der Waals surface area contributed by atoms with Gasteiger partial charge in [-0.15, -0.1) is 0 Å². The predicted molar refractivity (Wildman–Crippen MR) is 92.3 cm³/mol. The summed E-state index contributed by atoms with van der Waals surface area (Å²) in [6, 6.07) is 14.1. The van der Waals surface area contributed by atoms with E-state index in [9.17, 15) is 0 Å². The molecular weight excluding hydrogens is 392 g/mol. The zero-order valence-electron chi connectivity index (χ0n) is 10.5. The summed E-state index contributed by atoms with van der Waals surface area (Å²) < 4.78 is 1.21. The molecule has 0 saturated carbocycles. The van der Waals surface area contributed by atoms with E-state index in [0.29, 0.717) is 10.0 Å². The van der Waals surface area contributed by atoms with E-state index in [2.05, 4.69) is 53.0 Å². The zero-order chi connectivity index (χ0) is 13.8. The smallest absolute Gasteiger partial charge is 0.0525 e. The van der Waals surface area contributed by atoms with Gasteiger partial charge in [-0.05, 0) is 64.9 Å². The minimum atomic E-state index is 0.183. The molecule has 0 aromatic heterocycles. The first-order chi connectivity index (χ1) is 9.10. The van der Waals surface area contributed by atoms with Crippen LogP contribution in [0.2, 0.25) is 10.0 Å². The number of halogens is 3. The molecule has 0 spiro atoms. The molecule has 1 unspecified atom stereocenters. The lowest BCUT2D eigenvalue weighted by Crippen LogP contribution is -2.10. The zero-order valence-corrected chi connectivity index (χ0v) is 14.1. The number of benzene rings is 2. The van der Waals surface area contributed by atoms with Crippen LogP contribution in [0, 0.1) is 3.57 Å². The van der Waals surface area contributed by atoms with Crippen LogP contribution in [0.1, 0.15) is 24.9 Å². The van der Waals surface area contributed by atoms with Gasteiger partial charge < -0.3 is 5.32 Å². The molecule has 4 heteroatoms. The van der Waals surface area contributed by atoms with Crippen molar-refractivity contribution in [2.45, 2.75) is 19.4 Å². The molecule has 0 amide bonds. The van der Waals surface area contributed by atoms with Crippen LogP contribution in [0.5, 0.6) is 0 Å². The van der Waals surface area contributed by atoms with Gasteiger partial charge in [-0.3, -0.25) is 0 Å². The second-order valence-electron chi connectivity index (χ2n) is 4.28. The highest BCUT2D eigenvalue weighted by Gasteiger charge is 2.13. The second kappa shape index (κ2) is 6.82. The molecule has 2 aromatic carbocycles. The van der Waals surface area contributed by atoms with Crippen molar-refractivity contribution >= 4 is 51.5 Å². The average Bonchev–Trinajstić information content (AvgIpc) is 2.37. The van der Waals surface area contributed by atoms with Crippen LogP contribution < -0.4 is 5.32 Å². The Morgan fingerprint density at radius 3 is 2.58 bits per heavy atom. The summed E-state index contributed by atoms with van der Waals surface area (Å²) in [5, 5.41) is 4.88. The topological polar surface area (TPSA) is 12.0 Å². The molecule has 19 heavy (non-hydrogen) atoms. The van der Waals surface area contributed by atoms with Crippen LogP contribution in [0.4, 0.5) is 5.69 Å². The number of hydrogen-bond donors (Lipinski definition) is 1. The number of hydrogen-bond acceptors (Lipinski definition) is 1. The van der Waals surface area contributed by atoms with Gasteiger partial charge in [0.1, 0.15) is 0 Å². The van der Waals surface area contributed by atoms with Gasteiger partial charge in [-0.2, -0.15) is 0 Å². The SMILES string of the molecule is CCC(Nc1cccc(I)c1)c1ccc(Cl)cc1Cl. The number of anilines is 1. The molecular formula is C15H14Cl2IN. The second-order valence-corrected chi connectivity index (χ2v) is 6.37. The van der Waals surface area contributed by atoms with Gasteiger partial charge in [0.25, 0.3) is 0 Å². The molecule has 100 valence electrons. The van der Waals surface area contributed by atoms with Crippen LogP contribution in [-0.2, 0) is 0 Å². The lowest BCUT2D eigenvalue weighted by molar-refractivity contribution is 0.749. The molecule has 0 aliphatic rings. The third-order valence-corrected chi connectivity index (χ3v) is 4.15. The van der Waals surface area contributed by atoms with Crippen molar-refractivity contribution < 1.29 is 0 Å². The van der Waals surface area contributed by atoms with Crippen molar-refractivity contribution in [3.05, 3.63) is 61.6 Å². The van der Waals surface area contributed by atoms with E-state index in [1.165, 1.54) is 3.57 Å². The van der Waals surface area contributed by atoms with E-state index in [4.69, 9.17) is 23.2 Å². The quantitative estimate of drug-likeness (QED) is 0.600. The fourth-order valence-corrected chi connectivity index (χ4v) is 3.05. The molecule has 0 fully saturated rings. The van der Waals surface area contributed by atoms with E-state index in [-0.39, 0.29) is 6.04 Å². The summed E-state index contributed by atoms with van der Waals surface area (Å²) in [7, 11) is 0. The summed E-state index contributed by atoms with van der Waals surface area (Å²) >= 11 is 14.5. The summed E-state index contributed by atoms with van der Waals surface area (Å²) in [4.78, 5) is 0. The molecule has 1 N–H and O–H groups in total. The van der Waals surface area contributed by atoms with Crippen LogP contribution in [0.3, 0.4) is 0 Å². The Balaban J connectivity index is 2.25. The molecule has 0 saturated heterocycles. The van der Waals surface area contributed by atoms with Gasteiger partial charge in [0, 0.05) is 19.3 Å². The maximum absolute atomic E-state index is 6.27. The van der Waals surface area contributed by atoms with E-state index in [0.717, 1.165) is 17.7 Å². The first-order valence-electron chi connectivity index (χ1n) is 6.07. The Morgan fingerprint density at radius 2 is 1.95 bits per heavy atom. The van der Waals surface area contributed by atoms with Crippen LogP contribution in [-0.4, -0.2) is 0 Å². The predicted octanol–water partition coefficient (Wildman–Crippen LogP) is 6.16. The van der Waals surface area contributed by atoms with Gasteiger partial charge in [-0.25, -0.2) is 0 Å². The van der Waals surface area contributed by atoms with Crippen LogP contribution in [0.25, 0.3) is 0 Å². The molecule has 0 radical (unpaired) electrons. The largest absolute Gasteiger partial charge is 0.378 e. The summed E-state index contributed by atoms with van der Waals surface area (Å²) in [6.07, 6.45) is 0.951. The van der Waals surface area contributed by atoms with Crippen molar-refractivity contribution in [1.29, 1.82) is 0 Å². The molecule has 1 nitrogen and oxygen atoms in total. The standard InChI is InChI=1S/C15H14Cl2IN/c1-2-15(13-7-6-10(16)8-14(13)17)19-12-5-3-4-11(18)9-12/h3-9,15,19H,2H2,1H3. The average molecular weight is 406 g/mol. The van der Waals surface area contributed by atoms with E-state index < -0.39 is 0 Å². The molecule has 0 aliphatic heterocycles. The molecule has 2 aromatic rings. The maximum atomic E-state index is 6.27. The highest BCUT2D eigenvalue weighted by molar-refractivity contribution is 14.1. The van der Waals surface area contributed by atoms with Crippen molar-refractivity contribution in [3.8, 4) is 0 Å². The minimum absolute atomic E-state index is 0.183. The molecule has 0 heterocycles. The Hall–Kier alpha value is -0.450. The first kappa shape index (κ1) is 14.9. The molecule has 2 rings (SSSR count). The van der Waals surface area contributed by atoms with Crippen molar-refractivity contribution in [2.24, 2.45) is 0 Å². The third kappa shape index (κ3) is 4.01. The number of rotatable bonds is 4. The normalized spacial score (nSPS) is 12.2. The Kier molecular flexibility index (Phi) is 5.37. The first-order valence-corrected chi connectivity index (χ1v) is 7.90. The van der Waals surface area contributed by atoms with Crippen molar-refractivity contribution in [2.75, 3.05) is 5.32 Å². The van der Waals surface area contributed by atoms with E-state index in [1.54, 1.807) is 6.07 Å². The number of nitrogens with one attached hydrogen (secondary N) is 1. The van der Waals surface area contributed by atoms with Crippen molar-refractivity contribution in [1.82, 2.24) is 0 Å². The summed E-state index contributed by atoms with van der Waals surface area (Å²) in [5.74, 6) is 0. The monoisotopic (exact) mass is 405 g/mol. The Labute approximate surface area is 137 Å². The lowest BCUT2D eigenvalue weighted by Gasteiger charge is -2.20. The maximum Gasteiger partial charge on any atom is 0.0525 e. The van der Waals surface area contributed by atoms with Gasteiger partial charge >= 0.3 is 0 Å². The molecule has 0 aliphatic carbocycles. The molecule has 0 bridgehead atoms. The van der Waals surface area contributed by atoms with Gasteiger partial charge in [-0.1, -0.05) is 42.3 Å². The Morgan fingerprint density at radius 1 is 1.16 bits per heavy atom. The summed E-state index contributed by atoms with van der Waals surface area (Å²) in [5.41, 5.74) is 2.18. The van der Waals surface area contributed by atoms with Crippen LogP contribution in [0.15, 0.2) is 42.5 Å². The van der Waals surface area contributed by atoms with Crippen LogP contribution >= 0.6 is 45.8 Å². The summed E-state index contributed by atoms with van der Waals surface area (Å²) in [6.45, 7) is 2.14. The van der Waals surface area contributed by atoms with Gasteiger partial charge in [0.2, 0.25) is 0 Å². The minimum Gasteiger partial charge on any atom is -0.378 e. The highest BCUT2D eigenvalue weighted by atomic mass is 127. The fraction of sp³-hybridized carbons (Fsp3) is 0.200.